The highest BCUT2D eigenvalue weighted by Crippen LogP contribution is 2.27. The Bertz CT molecular complexity index is 527. The van der Waals surface area contributed by atoms with Gasteiger partial charge in [-0.1, -0.05) is 40.4 Å². The minimum absolute atomic E-state index is 0.594. The number of alkyl halides is 1. The summed E-state index contributed by atoms with van der Waals surface area (Å²) < 4.78 is 3.97. The third-order valence-electron chi connectivity index (χ3n) is 3.66. The van der Waals surface area contributed by atoms with Crippen LogP contribution in [0.5, 0.6) is 0 Å². The third-order valence-corrected chi connectivity index (χ3v) is 4.23. The fraction of sp³-hybridized carbons (Fsp3) is 0.615. The van der Waals surface area contributed by atoms with E-state index in [0.29, 0.717) is 12.6 Å². The Morgan fingerprint density at radius 1 is 1.21 bits per heavy atom. The maximum Gasteiger partial charge on any atom is 0.0932 e. The van der Waals surface area contributed by atoms with E-state index in [-0.39, 0.29) is 0 Å². The van der Waals surface area contributed by atoms with E-state index in [9.17, 15) is 0 Å². The van der Waals surface area contributed by atoms with Crippen molar-refractivity contribution >= 4 is 15.9 Å². The zero-order valence-corrected chi connectivity index (χ0v) is 12.5. The summed E-state index contributed by atoms with van der Waals surface area (Å²) in [7, 11) is 0. The van der Waals surface area contributed by atoms with Crippen molar-refractivity contribution in [2.75, 3.05) is 0 Å². The van der Waals surface area contributed by atoms with Gasteiger partial charge in [-0.05, 0) is 18.9 Å². The molecule has 0 radical (unpaired) electrons. The lowest BCUT2D eigenvalue weighted by Gasteiger charge is -2.21. The van der Waals surface area contributed by atoms with E-state index in [1.54, 1.807) is 0 Å². The normalized spacial score (nSPS) is 16.9. The number of hydrogen-bond acceptors (Lipinski definition) is 3. The van der Waals surface area contributed by atoms with Gasteiger partial charge in [0.1, 0.15) is 0 Å². The summed E-state index contributed by atoms with van der Waals surface area (Å²) in [6.45, 7) is 0.694. The minimum Gasteiger partial charge on any atom is -0.269 e. The van der Waals surface area contributed by atoms with Gasteiger partial charge < -0.3 is 0 Å². The van der Waals surface area contributed by atoms with Crippen molar-refractivity contribution in [1.82, 2.24) is 24.8 Å². The molecule has 6 heteroatoms. The second kappa shape index (κ2) is 5.86. The van der Waals surface area contributed by atoms with Gasteiger partial charge in [-0.15, -0.1) is 5.10 Å². The van der Waals surface area contributed by atoms with Gasteiger partial charge in [0, 0.05) is 17.7 Å². The van der Waals surface area contributed by atoms with Gasteiger partial charge in [0.2, 0.25) is 0 Å². The molecule has 0 aliphatic heterocycles. The highest BCUT2D eigenvalue weighted by atomic mass is 79.9. The zero-order valence-electron chi connectivity index (χ0n) is 10.9. The summed E-state index contributed by atoms with van der Waals surface area (Å²) in [5.41, 5.74) is 2.00. The Labute approximate surface area is 121 Å². The van der Waals surface area contributed by atoms with Crippen molar-refractivity contribution in [1.29, 1.82) is 0 Å². The number of halogens is 1. The smallest absolute Gasteiger partial charge is 0.0932 e. The van der Waals surface area contributed by atoms with Crippen LogP contribution in [0.4, 0.5) is 0 Å². The summed E-state index contributed by atoms with van der Waals surface area (Å²) in [5, 5.41) is 13.6. The van der Waals surface area contributed by atoms with E-state index >= 15 is 0 Å². The van der Waals surface area contributed by atoms with Crippen molar-refractivity contribution in [2.24, 2.45) is 0 Å². The van der Waals surface area contributed by atoms with E-state index in [0.717, 1.165) is 16.7 Å². The quantitative estimate of drug-likeness (QED) is 0.813. The van der Waals surface area contributed by atoms with Gasteiger partial charge in [-0.3, -0.25) is 4.68 Å². The summed E-state index contributed by atoms with van der Waals surface area (Å²) in [6, 6.07) is 2.68. The van der Waals surface area contributed by atoms with Crippen LogP contribution >= 0.6 is 15.9 Å². The van der Waals surface area contributed by atoms with Gasteiger partial charge in [0.25, 0.3) is 0 Å². The maximum atomic E-state index is 4.68. The standard InChI is InChI=1S/C13H18BrN5/c14-8-12-10-18(17-15-12)9-11-6-7-19(16-11)13-4-2-1-3-5-13/h6-7,10,13H,1-5,8-9H2. The Kier molecular flexibility index (Phi) is 3.96. The monoisotopic (exact) mass is 323 g/mol. The fourth-order valence-corrected chi connectivity index (χ4v) is 2.91. The van der Waals surface area contributed by atoms with Crippen LogP contribution in [0.15, 0.2) is 18.5 Å². The molecule has 0 atom stereocenters. The molecule has 2 heterocycles. The highest BCUT2D eigenvalue weighted by molar-refractivity contribution is 9.08. The molecule has 0 bridgehead atoms. The zero-order chi connectivity index (χ0) is 13.1. The van der Waals surface area contributed by atoms with Gasteiger partial charge in [0.05, 0.1) is 24.0 Å². The van der Waals surface area contributed by atoms with Gasteiger partial charge in [0.15, 0.2) is 0 Å². The average Bonchev–Trinajstić information content (AvgIpc) is 3.09. The molecule has 1 aliphatic carbocycles. The molecule has 0 aromatic carbocycles. The van der Waals surface area contributed by atoms with Crippen molar-refractivity contribution in [3.8, 4) is 0 Å². The lowest BCUT2D eigenvalue weighted by molar-refractivity contribution is 0.327. The lowest BCUT2D eigenvalue weighted by atomic mass is 9.96. The molecule has 0 spiro atoms. The molecule has 0 saturated heterocycles. The van der Waals surface area contributed by atoms with Crippen LogP contribution in [0.25, 0.3) is 0 Å². The van der Waals surface area contributed by atoms with Crippen LogP contribution in [0.1, 0.15) is 49.5 Å². The van der Waals surface area contributed by atoms with E-state index in [1.165, 1.54) is 32.1 Å². The van der Waals surface area contributed by atoms with Gasteiger partial charge in [-0.2, -0.15) is 5.10 Å². The molecule has 1 fully saturated rings. The molecule has 1 aliphatic rings. The second-order valence-electron chi connectivity index (χ2n) is 5.12. The molecule has 1 saturated carbocycles. The number of hydrogen-bond donors (Lipinski definition) is 0. The Morgan fingerprint density at radius 2 is 2.05 bits per heavy atom. The molecule has 5 nitrogen and oxygen atoms in total. The van der Waals surface area contributed by atoms with Crippen LogP contribution < -0.4 is 0 Å². The van der Waals surface area contributed by atoms with E-state index in [1.807, 2.05) is 10.9 Å². The van der Waals surface area contributed by atoms with Gasteiger partial charge >= 0.3 is 0 Å². The number of rotatable bonds is 4. The molecule has 0 amide bonds. The van der Waals surface area contributed by atoms with E-state index in [4.69, 9.17) is 0 Å². The first-order chi connectivity index (χ1) is 9.35. The molecular weight excluding hydrogens is 306 g/mol. The van der Waals surface area contributed by atoms with Crippen LogP contribution in [0, 0.1) is 0 Å². The summed E-state index contributed by atoms with van der Waals surface area (Å²) in [6.07, 6.45) is 10.6. The first kappa shape index (κ1) is 12.8. The third kappa shape index (κ3) is 3.05. The average molecular weight is 324 g/mol. The lowest BCUT2D eigenvalue weighted by Crippen LogP contribution is -2.13. The van der Waals surface area contributed by atoms with Crippen molar-refractivity contribution in [3.63, 3.8) is 0 Å². The molecule has 0 unspecified atom stereocenters. The topological polar surface area (TPSA) is 48.5 Å². The summed E-state index contributed by atoms with van der Waals surface area (Å²) >= 11 is 3.38. The Hall–Kier alpha value is -1.17. The molecule has 102 valence electrons. The molecular formula is C13H18BrN5. The molecule has 2 aromatic heterocycles. The predicted octanol–water partition coefficient (Wildman–Crippen LogP) is 2.92. The van der Waals surface area contributed by atoms with Crippen molar-refractivity contribution < 1.29 is 0 Å². The summed E-state index contributed by atoms with van der Waals surface area (Å²) in [5.74, 6) is 0. The highest BCUT2D eigenvalue weighted by Gasteiger charge is 2.16. The first-order valence-electron chi connectivity index (χ1n) is 6.84. The fourth-order valence-electron chi connectivity index (χ4n) is 2.65. The van der Waals surface area contributed by atoms with Crippen LogP contribution in [-0.4, -0.2) is 24.8 Å². The molecule has 19 heavy (non-hydrogen) atoms. The maximum absolute atomic E-state index is 4.68. The second-order valence-corrected chi connectivity index (χ2v) is 5.68. The van der Waals surface area contributed by atoms with Crippen LogP contribution in [-0.2, 0) is 11.9 Å². The molecule has 3 rings (SSSR count). The first-order valence-corrected chi connectivity index (χ1v) is 7.96. The number of nitrogens with zero attached hydrogens (tertiary/aromatic N) is 5. The SMILES string of the molecule is BrCc1cn(Cc2ccn(C3CCCCC3)n2)nn1. The predicted molar refractivity (Wildman–Crippen MR) is 76.1 cm³/mol. The van der Waals surface area contributed by atoms with Crippen LogP contribution in [0.2, 0.25) is 0 Å². The Morgan fingerprint density at radius 3 is 2.79 bits per heavy atom. The van der Waals surface area contributed by atoms with Crippen molar-refractivity contribution in [3.05, 3.63) is 29.8 Å². The molecule has 0 N–H and O–H groups in total. The van der Waals surface area contributed by atoms with E-state index in [2.05, 4.69) is 48.3 Å². The minimum atomic E-state index is 0.594. The summed E-state index contributed by atoms with van der Waals surface area (Å²) in [4.78, 5) is 0. The number of aromatic nitrogens is 5. The van der Waals surface area contributed by atoms with E-state index < -0.39 is 0 Å². The Balaban J connectivity index is 1.67. The molecule has 2 aromatic rings. The van der Waals surface area contributed by atoms with Gasteiger partial charge in [-0.25, -0.2) is 4.68 Å². The van der Waals surface area contributed by atoms with Crippen molar-refractivity contribution in [2.45, 2.75) is 50.0 Å². The largest absolute Gasteiger partial charge is 0.269 e. The van der Waals surface area contributed by atoms with Crippen LogP contribution in [0.3, 0.4) is 0 Å².